The van der Waals surface area contributed by atoms with Crippen LogP contribution in [0.4, 0.5) is 52.0 Å². The van der Waals surface area contributed by atoms with Crippen LogP contribution in [0.5, 0.6) is 0 Å². The minimum atomic E-state index is -0.439. The number of pyridine rings is 3. The Morgan fingerprint density at radius 1 is 0.439 bits per heavy atom. The number of rotatable bonds is 18. The van der Waals surface area contributed by atoms with Gasteiger partial charge in [-0.15, -0.1) is 23.2 Å². The van der Waals surface area contributed by atoms with E-state index in [2.05, 4.69) is 106 Å². The number of carbonyl (C=O) groups is 3. The SMILES string of the molecule is CN1CCNCC1.Cc1ccc(N)cc1Nc1nccc(-c2cccnc2)n1.Cc1ccc(NC(=O)c2ccc(CCl)cc2)cc1Nc1nccc(-c2cccnc2)n1.Cc1ccc(NC(=O)c2ccc(CN3CCN(C)CC3)cc2)cc1Nc1nccc(-c2cccnc2)n1.O=C(Cl)c1ccc(CCl)cc1. The molecule has 2 fully saturated rings. The van der Waals surface area contributed by atoms with E-state index in [1.807, 2.05) is 166 Å². The number of nitrogens with two attached hydrogens (primary N) is 1. The first-order valence-electron chi connectivity index (χ1n) is 34.6. The predicted molar refractivity (Wildman–Crippen MR) is 431 cm³/mol. The van der Waals surface area contributed by atoms with Gasteiger partial charge in [-0.3, -0.25) is 34.2 Å². The van der Waals surface area contributed by atoms with Crippen molar-refractivity contribution in [2.45, 2.75) is 39.1 Å². The lowest BCUT2D eigenvalue weighted by Gasteiger charge is -2.32. The van der Waals surface area contributed by atoms with Crippen LogP contribution in [0.1, 0.15) is 64.5 Å². The van der Waals surface area contributed by atoms with Crippen molar-refractivity contribution in [3.05, 3.63) is 288 Å². The van der Waals surface area contributed by atoms with E-state index in [-0.39, 0.29) is 11.8 Å². The number of likely N-dealkylation sites (N-methyl/N-ethyl adjacent to an activating group) is 2. The van der Waals surface area contributed by atoms with Crippen LogP contribution in [0.25, 0.3) is 33.8 Å². The number of hydrogen-bond donors (Lipinski definition) is 7. The van der Waals surface area contributed by atoms with E-state index in [4.69, 9.17) is 40.5 Å². The maximum Gasteiger partial charge on any atom is 0.255 e. The summed E-state index contributed by atoms with van der Waals surface area (Å²) in [5, 5.41) is 18.5. The number of hydrogen-bond acceptors (Lipinski definition) is 20. The molecule has 107 heavy (non-hydrogen) atoms. The van der Waals surface area contributed by atoms with Gasteiger partial charge in [-0.05, 0) is 207 Å². The van der Waals surface area contributed by atoms with E-state index in [1.165, 1.54) is 18.7 Å². The Morgan fingerprint density at radius 2 is 0.813 bits per heavy atom. The molecule has 8 heterocycles. The van der Waals surface area contributed by atoms with Crippen LogP contribution < -0.4 is 37.6 Å². The molecule has 0 atom stereocenters. The molecule has 2 aliphatic heterocycles. The summed E-state index contributed by atoms with van der Waals surface area (Å²) in [6.45, 7) is 16.0. The Bertz CT molecular complexity index is 4830. The molecule has 25 heteroatoms. The molecule has 546 valence electrons. The van der Waals surface area contributed by atoms with Crippen molar-refractivity contribution in [2.24, 2.45) is 0 Å². The number of nitrogens with zero attached hydrogens (tertiary/aromatic N) is 12. The van der Waals surface area contributed by atoms with Crippen molar-refractivity contribution in [1.29, 1.82) is 0 Å². The molecule has 6 aromatic heterocycles. The van der Waals surface area contributed by atoms with Crippen LogP contribution >= 0.6 is 34.8 Å². The molecule has 0 radical (unpaired) electrons. The Hall–Kier alpha value is -11.5. The molecule has 0 bridgehead atoms. The van der Waals surface area contributed by atoms with E-state index in [0.717, 1.165) is 124 Å². The predicted octanol–water partition coefficient (Wildman–Crippen LogP) is 15.7. The number of nitrogen functional groups attached to an aromatic ring is 1. The molecule has 2 amide bonds. The van der Waals surface area contributed by atoms with Crippen LogP contribution in [0.15, 0.2) is 238 Å². The lowest BCUT2D eigenvalue weighted by atomic mass is 10.1. The average Bonchev–Trinajstić information content (AvgIpc) is 0.841. The summed E-state index contributed by atoms with van der Waals surface area (Å²) in [7, 11) is 4.31. The van der Waals surface area contributed by atoms with Gasteiger partial charge in [0.1, 0.15) is 0 Å². The number of alkyl halides is 2. The van der Waals surface area contributed by atoms with Crippen molar-refractivity contribution < 1.29 is 14.4 Å². The Labute approximate surface area is 638 Å². The van der Waals surface area contributed by atoms with Gasteiger partial charge in [-0.1, -0.05) is 54.6 Å². The Balaban J connectivity index is 0.000000157. The van der Waals surface area contributed by atoms with Crippen molar-refractivity contribution in [3.63, 3.8) is 0 Å². The van der Waals surface area contributed by atoms with Crippen LogP contribution in [0.3, 0.4) is 0 Å². The molecular weight excluding hydrogens is 1410 g/mol. The minimum Gasteiger partial charge on any atom is -0.399 e. The highest BCUT2D eigenvalue weighted by molar-refractivity contribution is 6.67. The number of halogens is 3. The molecule has 0 spiro atoms. The molecule has 0 aliphatic carbocycles. The number of amides is 2. The van der Waals surface area contributed by atoms with Gasteiger partial charge >= 0.3 is 0 Å². The first-order chi connectivity index (χ1) is 52.0. The standard InChI is InChI=1S/C29H31N7O.C24H20ClN5O.C16H15N5.C8H6Cl2O.C5H12N2/c1-21-5-10-25(18-27(21)34-29-31-13-11-26(33-29)24-4-3-12-30-19-24)32-28(37)23-8-6-22(7-9-23)20-36-16-14-35(2)15-17-36;1-16-4-9-20(28-23(31)18-7-5-17(14-25)6-8-18)13-22(16)30-24-27-12-10-21(29-24)19-3-2-11-26-15-19;1-11-4-5-13(17)9-15(11)21-16-19-8-6-14(20-16)12-3-2-7-18-10-12;9-5-6-1-3-7(4-2-6)8(10)11;1-7-4-2-6-3-5-7/h3-13,18-19H,14-17,20H2,1-2H3,(H,32,37)(H,31,33,34);2-13,15H,14H2,1H3,(H,28,31)(H,27,29,30);2-10H,17H2,1H3,(H,19,20,21);1-4H,5H2;6H,2-5H2,1H3. The van der Waals surface area contributed by atoms with E-state index in [0.29, 0.717) is 63.4 Å². The normalized spacial score (nSPS) is 12.7. The highest BCUT2D eigenvalue weighted by atomic mass is 35.5. The van der Waals surface area contributed by atoms with E-state index < -0.39 is 5.24 Å². The monoisotopic (exact) mass is 1490 g/mol. The number of aryl methyl sites for hydroxylation is 3. The zero-order valence-corrected chi connectivity index (χ0v) is 62.4. The van der Waals surface area contributed by atoms with E-state index in [9.17, 15) is 14.4 Å². The molecule has 6 aromatic carbocycles. The van der Waals surface area contributed by atoms with Crippen molar-refractivity contribution in [3.8, 4) is 33.8 Å². The number of benzene rings is 6. The third-order valence-corrected chi connectivity index (χ3v) is 17.9. The van der Waals surface area contributed by atoms with Crippen molar-refractivity contribution in [1.82, 2.24) is 64.9 Å². The second-order valence-corrected chi connectivity index (χ2v) is 26.1. The molecule has 22 nitrogen and oxygen atoms in total. The number of aromatic nitrogens is 9. The first kappa shape index (κ1) is 78.1. The fourth-order valence-corrected chi connectivity index (χ4v) is 11.2. The summed E-state index contributed by atoms with van der Waals surface area (Å²) in [5.41, 5.74) is 23.5. The summed E-state index contributed by atoms with van der Waals surface area (Å²) in [6.07, 6.45) is 15.6. The second-order valence-electron chi connectivity index (χ2n) is 25.2. The smallest absolute Gasteiger partial charge is 0.255 e. The Morgan fingerprint density at radius 3 is 1.18 bits per heavy atom. The maximum absolute atomic E-state index is 12.9. The van der Waals surface area contributed by atoms with Gasteiger partial charge in [0.15, 0.2) is 0 Å². The third kappa shape index (κ3) is 24.6. The second kappa shape index (κ2) is 40.1. The van der Waals surface area contributed by atoms with Crippen LogP contribution in [0.2, 0.25) is 0 Å². The fraction of sp³-hybridized carbons (Fsp3) is 0.195. The van der Waals surface area contributed by atoms with Crippen molar-refractivity contribution >= 4 is 104 Å². The van der Waals surface area contributed by atoms with Crippen molar-refractivity contribution in [2.75, 3.05) is 98.8 Å². The van der Waals surface area contributed by atoms with E-state index in [1.54, 1.807) is 92.2 Å². The summed E-state index contributed by atoms with van der Waals surface area (Å²) < 4.78 is 0. The number of carbonyl (C=O) groups excluding carboxylic acids is 3. The largest absolute Gasteiger partial charge is 0.399 e. The average molecular weight is 1490 g/mol. The number of anilines is 9. The summed E-state index contributed by atoms with van der Waals surface area (Å²) in [4.78, 5) is 82.2. The quantitative estimate of drug-likeness (QED) is 0.0239. The van der Waals surface area contributed by atoms with Gasteiger partial charge in [-0.2, -0.15) is 0 Å². The van der Waals surface area contributed by atoms with E-state index >= 15 is 0 Å². The number of nitrogens with one attached hydrogen (secondary N) is 6. The molecule has 2 saturated heterocycles. The third-order valence-electron chi connectivity index (χ3n) is 17.1. The highest BCUT2D eigenvalue weighted by Gasteiger charge is 2.17. The summed E-state index contributed by atoms with van der Waals surface area (Å²) >= 11 is 16.6. The van der Waals surface area contributed by atoms with Gasteiger partial charge in [0.25, 0.3) is 17.1 Å². The van der Waals surface area contributed by atoms with Crippen LogP contribution in [-0.4, -0.2) is 143 Å². The molecule has 12 aromatic rings. The zero-order valence-electron chi connectivity index (χ0n) is 60.1. The maximum atomic E-state index is 12.9. The minimum absolute atomic E-state index is 0.143. The number of piperazine rings is 2. The molecule has 8 N–H and O–H groups in total. The zero-order chi connectivity index (χ0) is 75.3. The summed E-state index contributed by atoms with van der Waals surface area (Å²) in [6, 6.07) is 56.1. The van der Waals surface area contributed by atoms with Gasteiger partial charge in [-0.25, -0.2) is 29.9 Å². The highest BCUT2D eigenvalue weighted by Crippen LogP contribution is 2.29. The molecule has 2 aliphatic rings. The van der Waals surface area contributed by atoms with Gasteiger partial charge in [0.05, 0.1) is 17.1 Å². The molecule has 0 unspecified atom stereocenters. The van der Waals surface area contributed by atoms with Gasteiger partial charge in [0.2, 0.25) is 17.8 Å². The lowest BCUT2D eigenvalue weighted by Crippen LogP contribution is -2.43. The molecular formula is C82H84Cl3N19O3. The van der Waals surface area contributed by atoms with Gasteiger partial charge in [0, 0.05) is 194 Å². The topological polar surface area (TPSA) is 275 Å². The van der Waals surface area contributed by atoms with Gasteiger partial charge < -0.3 is 47.4 Å². The fourth-order valence-electron chi connectivity index (χ4n) is 10.8. The summed E-state index contributed by atoms with van der Waals surface area (Å²) in [5.74, 6) is 2.01. The van der Waals surface area contributed by atoms with Crippen LogP contribution in [-0.2, 0) is 18.3 Å². The molecule has 14 rings (SSSR count). The molecule has 0 saturated carbocycles. The van der Waals surface area contributed by atoms with Crippen LogP contribution in [0, 0.1) is 20.8 Å². The first-order valence-corrected chi connectivity index (χ1v) is 36.1. The lowest BCUT2D eigenvalue weighted by molar-refractivity contribution is 0.101. The Kier molecular flexibility index (Phi) is 29.3.